The van der Waals surface area contributed by atoms with Crippen molar-refractivity contribution in [2.75, 3.05) is 41.4 Å². The number of methoxy groups -OCH3 is 2. The molecule has 8 nitrogen and oxygen atoms in total. The minimum atomic E-state index is -0.847. The lowest BCUT2D eigenvalue weighted by Gasteiger charge is -2.26. The maximum Gasteiger partial charge on any atom is 0.295 e. The number of aliphatic hydroxyl groups excluding tert-OH is 1. The first kappa shape index (κ1) is 23.1. The number of likely N-dealkylation sites (tertiary alicyclic amines) is 1. The predicted octanol–water partition coefficient (Wildman–Crippen LogP) is 2.78. The molecule has 0 saturated carbocycles. The fourth-order valence-electron chi connectivity index (χ4n) is 3.85. The first-order valence-electron chi connectivity index (χ1n) is 10.2. The van der Waals surface area contributed by atoms with E-state index in [4.69, 9.17) is 9.47 Å². The quantitative estimate of drug-likeness (QED) is 0.370. The van der Waals surface area contributed by atoms with Crippen molar-refractivity contribution in [2.24, 2.45) is 0 Å². The van der Waals surface area contributed by atoms with E-state index < -0.39 is 17.7 Å². The Morgan fingerprint density at radius 3 is 2.47 bits per heavy atom. The molecule has 1 saturated heterocycles. The number of aromatic hydroxyl groups is 1. The number of amides is 1. The van der Waals surface area contributed by atoms with Crippen molar-refractivity contribution in [1.82, 2.24) is 9.80 Å². The summed E-state index contributed by atoms with van der Waals surface area (Å²) in [5, 5.41) is 21.3. The van der Waals surface area contributed by atoms with Crippen molar-refractivity contribution in [2.45, 2.75) is 12.5 Å². The smallest absolute Gasteiger partial charge is 0.295 e. The van der Waals surface area contributed by atoms with Gasteiger partial charge in [-0.25, -0.2) is 0 Å². The van der Waals surface area contributed by atoms with Crippen LogP contribution in [0.2, 0.25) is 0 Å². The molecule has 0 bridgehead atoms. The number of aliphatic hydroxyl groups is 1. The van der Waals surface area contributed by atoms with Gasteiger partial charge in [-0.2, -0.15) is 0 Å². The Balaban J connectivity index is 2.17. The van der Waals surface area contributed by atoms with E-state index in [0.717, 1.165) is 6.54 Å². The van der Waals surface area contributed by atoms with Gasteiger partial charge in [-0.15, -0.1) is 0 Å². The van der Waals surface area contributed by atoms with Gasteiger partial charge in [-0.3, -0.25) is 9.59 Å². The summed E-state index contributed by atoms with van der Waals surface area (Å²) in [7, 11) is 6.79. The highest BCUT2D eigenvalue weighted by Gasteiger charge is 2.46. The van der Waals surface area contributed by atoms with Crippen LogP contribution in [-0.4, -0.2) is 73.1 Å². The third-order valence-corrected chi connectivity index (χ3v) is 5.39. The van der Waals surface area contributed by atoms with Gasteiger partial charge in [0.05, 0.1) is 31.4 Å². The van der Waals surface area contributed by atoms with E-state index in [1.165, 1.54) is 31.3 Å². The zero-order chi connectivity index (χ0) is 23.4. The summed E-state index contributed by atoms with van der Waals surface area (Å²) in [6, 6.07) is 10.3. The van der Waals surface area contributed by atoms with Crippen LogP contribution in [0.1, 0.15) is 23.6 Å². The van der Waals surface area contributed by atoms with Crippen LogP contribution >= 0.6 is 0 Å². The van der Waals surface area contributed by atoms with E-state index in [1.807, 2.05) is 19.0 Å². The van der Waals surface area contributed by atoms with Gasteiger partial charge in [0.1, 0.15) is 23.0 Å². The zero-order valence-corrected chi connectivity index (χ0v) is 18.7. The summed E-state index contributed by atoms with van der Waals surface area (Å²) in [5.41, 5.74) is 0.706. The lowest BCUT2D eigenvalue weighted by atomic mass is 9.94. The second-order valence-electron chi connectivity index (χ2n) is 7.81. The Hall–Kier alpha value is -3.52. The molecule has 0 aliphatic carbocycles. The average molecular weight is 440 g/mol. The molecule has 2 aromatic carbocycles. The zero-order valence-electron chi connectivity index (χ0n) is 18.7. The molecule has 170 valence electrons. The minimum absolute atomic E-state index is 0.000315. The van der Waals surface area contributed by atoms with Gasteiger partial charge < -0.3 is 29.5 Å². The number of rotatable bonds is 8. The number of ether oxygens (including phenoxy) is 2. The van der Waals surface area contributed by atoms with Crippen molar-refractivity contribution in [3.05, 3.63) is 59.2 Å². The van der Waals surface area contributed by atoms with E-state index in [0.29, 0.717) is 30.0 Å². The van der Waals surface area contributed by atoms with Crippen molar-refractivity contribution in [3.63, 3.8) is 0 Å². The molecule has 0 aromatic heterocycles. The van der Waals surface area contributed by atoms with Crippen molar-refractivity contribution >= 4 is 17.4 Å². The summed E-state index contributed by atoms with van der Waals surface area (Å²) in [4.78, 5) is 29.5. The molecule has 1 amide bonds. The molecular formula is C24H28N2O6. The number of phenols is 1. The van der Waals surface area contributed by atoms with Gasteiger partial charge in [0.25, 0.3) is 11.7 Å². The van der Waals surface area contributed by atoms with Gasteiger partial charge in [0, 0.05) is 6.54 Å². The third kappa shape index (κ3) is 4.55. The summed E-state index contributed by atoms with van der Waals surface area (Å²) in [6.07, 6.45) is 0.637. The Morgan fingerprint density at radius 2 is 1.84 bits per heavy atom. The number of carbonyl (C=O) groups excluding carboxylic acids is 2. The van der Waals surface area contributed by atoms with Crippen molar-refractivity contribution in [3.8, 4) is 17.2 Å². The van der Waals surface area contributed by atoms with Crippen LogP contribution in [0.3, 0.4) is 0 Å². The topological polar surface area (TPSA) is 99.5 Å². The number of benzene rings is 2. The molecule has 2 aromatic rings. The summed E-state index contributed by atoms with van der Waals surface area (Å²) in [6.45, 7) is 1.04. The lowest BCUT2D eigenvalue weighted by molar-refractivity contribution is -0.139. The highest BCUT2D eigenvalue weighted by Crippen LogP contribution is 2.42. The van der Waals surface area contributed by atoms with Gasteiger partial charge in [0.15, 0.2) is 0 Å². The van der Waals surface area contributed by atoms with E-state index in [9.17, 15) is 19.8 Å². The molecule has 8 heteroatoms. The molecule has 0 radical (unpaired) electrons. The second kappa shape index (κ2) is 9.74. The molecule has 32 heavy (non-hydrogen) atoms. The molecule has 0 spiro atoms. The first-order chi connectivity index (χ1) is 15.3. The molecular weight excluding hydrogens is 412 g/mol. The van der Waals surface area contributed by atoms with E-state index in [2.05, 4.69) is 0 Å². The molecule has 1 aliphatic rings. The third-order valence-electron chi connectivity index (χ3n) is 5.39. The van der Waals surface area contributed by atoms with Crippen LogP contribution in [0.25, 0.3) is 5.76 Å². The number of ketones is 1. The first-order valence-corrected chi connectivity index (χ1v) is 10.2. The number of phenolic OH excluding ortho intramolecular Hbond substituents is 1. The molecule has 1 fully saturated rings. The van der Waals surface area contributed by atoms with Crippen molar-refractivity contribution < 1.29 is 29.3 Å². The van der Waals surface area contributed by atoms with E-state index in [1.54, 1.807) is 30.3 Å². The van der Waals surface area contributed by atoms with Crippen LogP contribution in [-0.2, 0) is 9.59 Å². The number of hydrogen-bond acceptors (Lipinski definition) is 7. The standard InChI is InChI=1S/C24H28N2O6/c1-25(2)11-6-12-26-21(15-7-5-8-16(27)13-15)20(23(29)24(26)30)22(28)18-14-17(31-3)9-10-19(18)32-4/h5,7-10,13-14,21,27-28H,6,11-12H2,1-4H3/b22-20+. The molecule has 3 rings (SSSR count). The normalized spacial score (nSPS) is 17.8. The molecule has 2 N–H and O–H groups in total. The monoisotopic (exact) mass is 440 g/mol. The summed E-state index contributed by atoms with van der Waals surface area (Å²) in [5.74, 6) is -1.05. The fraction of sp³-hybridized carbons (Fsp3) is 0.333. The Kier molecular flexibility index (Phi) is 7.05. The summed E-state index contributed by atoms with van der Waals surface area (Å²) >= 11 is 0. The minimum Gasteiger partial charge on any atom is -0.508 e. The Labute approximate surface area is 187 Å². The Bertz CT molecular complexity index is 1050. The second-order valence-corrected chi connectivity index (χ2v) is 7.81. The van der Waals surface area contributed by atoms with E-state index >= 15 is 0 Å². The van der Waals surface area contributed by atoms with Crippen LogP contribution in [0.5, 0.6) is 17.2 Å². The Morgan fingerprint density at radius 1 is 1.09 bits per heavy atom. The van der Waals surface area contributed by atoms with Gasteiger partial charge in [0.2, 0.25) is 0 Å². The van der Waals surface area contributed by atoms with Crippen LogP contribution in [0.4, 0.5) is 0 Å². The fourth-order valence-corrected chi connectivity index (χ4v) is 3.85. The van der Waals surface area contributed by atoms with Gasteiger partial charge in [-0.05, 0) is 63.0 Å². The van der Waals surface area contributed by atoms with Gasteiger partial charge in [-0.1, -0.05) is 12.1 Å². The highest BCUT2D eigenvalue weighted by atomic mass is 16.5. The lowest BCUT2D eigenvalue weighted by Crippen LogP contribution is -2.32. The van der Waals surface area contributed by atoms with Gasteiger partial charge >= 0.3 is 0 Å². The number of Topliss-reactive ketones (excluding diaryl/α,β-unsaturated/α-hetero) is 1. The molecule has 1 aliphatic heterocycles. The molecule has 1 heterocycles. The largest absolute Gasteiger partial charge is 0.508 e. The van der Waals surface area contributed by atoms with Crippen LogP contribution in [0, 0.1) is 0 Å². The average Bonchev–Trinajstić information content (AvgIpc) is 3.03. The summed E-state index contributed by atoms with van der Waals surface area (Å²) < 4.78 is 10.6. The molecule has 1 unspecified atom stereocenters. The molecule has 1 atom stereocenters. The number of carbonyl (C=O) groups is 2. The highest BCUT2D eigenvalue weighted by molar-refractivity contribution is 6.46. The van der Waals surface area contributed by atoms with Crippen molar-refractivity contribution in [1.29, 1.82) is 0 Å². The SMILES string of the molecule is COc1ccc(OC)c(/C(O)=C2\C(=O)C(=O)N(CCCN(C)C)C2c2cccc(O)c2)c1. The predicted molar refractivity (Wildman–Crippen MR) is 120 cm³/mol. The van der Waals surface area contributed by atoms with Crippen LogP contribution in [0.15, 0.2) is 48.0 Å². The maximum absolute atomic E-state index is 13.1. The number of nitrogens with zero attached hydrogens (tertiary/aromatic N) is 2. The van der Waals surface area contributed by atoms with E-state index in [-0.39, 0.29) is 22.6 Å². The number of hydrogen-bond donors (Lipinski definition) is 2. The maximum atomic E-state index is 13.1. The van der Waals surface area contributed by atoms with Crippen LogP contribution < -0.4 is 9.47 Å².